The van der Waals surface area contributed by atoms with E-state index < -0.39 is 0 Å². The predicted molar refractivity (Wildman–Crippen MR) is 75.5 cm³/mol. The number of thiophene rings is 1. The summed E-state index contributed by atoms with van der Waals surface area (Å²) < 4.78 is 7.14. The lowest BCUT2D eigenvalue weighted by Crippen LogP contribution is -2.27. The molecule has 3 aromatic heterocycles. The van der Waals surface area contributed by atoms with Crippen molar-refractivity contribution in [3.8, 4) is 0 Å². The number of aryl methyl sites for hydroxylation is 1. The lowest BCUT2D eigenvalue weighted by atomic mass is 10.3. The summed E-state index contributed by atoms with van der Waals surface area (Å²) in [5.41, 5.74) is 2.30. The molecule has 19 heavy (non-hydrogen) atoms. The van der Waals surface area contributed by atoms with Crippen LogP contribution in [0.5, 0.6) is 0 Å². The van der Waals surface area contributed by atoms with Crippen LogP contribution in [0.2, 0.25) is 0 Å². The molecule has 0 atom stereocenters. The quantitative estimate of drug-likeness (QED) is 0.795. The topological polar surface area (TPSA) is 47.2 Å². The van der Waals surface area contributed by atoms with E-state index in [0.717, 1.165) is 17.5 Å². The summed E-state index contributed by atoms with van der Waals surface area (Å²) in [7, 11) is 1.87. The number of nitrogens with zero attached hydrogens (tertiary/aromatic N) is 1. The normalized spacial score (nSPS) is 11.0. The van der Waals surface area contributed by atoms with Crippen LogP contribution in [0.25, 0.3) is 11.1 Å². The molecule has 0 radical (unpaired) electrons. The largest absolute Gasteiger partial charge is 0.463 e. The van der Waals surface area contributed by atoms with Crippen molar-refractivity contribution < 1.29 is 9.21 Å². The molecule has 0 unspecified atom stereocenters. The first kappa shape index (κ1) is 12.0. The van der Waals surface area contributed by atoms with Gasteiger partial charge >= 0.3 is 0 Å². The Hall–Kier alpha value is -2.01. The van der Waals surface area contributed by atoms with Crippen LogP contribution >= 0.6 is 11.3 Å². The molecule has 0 fully saturated rings. The third-order valence-electron chi connectivity index (χ3n) is 3.13. The highest BCUT2D eigenvalue weighted by atomic mass is 32.1. The highest BCUT2D eigenvalue weighted by molar-refractivity contribution is 7.09. The first-order valence-electron chi connectivity index (χ1n) is 6.09. The van der Waals surface area contributed by atoms with Gasteiger partial charge < -0.3 is 14.3 Å². The molecule has 0 saturated carbocycles. The van der Waals surface area contributed by atoms with Crippen LogP contribution in [0.1, 0.15) is 15.4 Å². The van der Waals surface area contributed by atoms with E-state index in [1.807, 2.05) is 29.1 Å². The Balaban J connectivity index is 1.66. The van der Waals surface area contributed by atoms with Crippen LogP contribution < -0.4 is 5.32 Å². The van der Waals surface area contributed by atoms with Gasteiger partial charge in [0.1, 0.15) is 5.69 Å². The number of aromatic nitrogens is 1. The number of furan rings is 1. The number of hydrogen-bond donors (Lipinski definition) is 1. The van der Waals surface area contributed by atoms with E-state index in [2.05, 4.69) is 11.4 Å². The third kappa shape index (κ3) is 2.29. The first-order chi connectivity index (χ1) is 9.25. The molecule has 3 rings (SSSR count). The van der Waals surface area contributed by atoms with Gasteiger partial charge in [0, 0.05) is 30.6 Å². The minimum atomic E-state index is -0.0644. The van der Waals surface area contributed by atoms with E-state index in [-0.39, 0.29) is 5.91 Å². The van der Waals surface area contributed by atoms with Crippen LogP contribution in [-0.4, -0.2) is 17.0 Å². The van der Waals surface area contributed by atoms with Gasteiger partial charge in [-0.05, 0) is 17.9 Å². The number of amides is 1. The Morgan fingerprint density at radius 2 is 2.37 bits per heavy atom. The standard InChI is InChI=1S/C14H14N2O2S/c1-16-11-5-7-18-13(11)9-12(16)14(17)15-6-4-10-3-2-8-19-10/h2-3,5,7-9H,4,6H2,1H3,(H,15,17). The zero-order valence-corrected chi connectivity index (χ0v) is 11.4. The molecule has 1 N–H and O–H groups in total. The number of rotatable bonds is 4. The molecule has 1 amide bonds. The molecule has 0 aliphatic carbocycles. The molecular formula is C14H14N2O2S. The fourth-order valence-corrected chi connectivity index (χ4v) is 2.82. The molecular weight excluding hydrogens is 260 g/mol. The summed E-state index contributed by atoms with van der Waals surface area (Å²) in [6.07, 6.45) is 2.49. The molecule has 0 spiro atoms. The summed E-state index contributed by atoms with van der Waals surface area (Å²) in [4.78, 5) is 13.4. The Morgan fingerprint density at radius 3 is 3.11 bits per heavy atom. The summed E-state index contributed by atoms with van der Waals surface area (Å²) in [6, 6.07) is 7.73. The van der Waals surface area contributed by atoms with Gasteiger partial charge in [-0.2, -0.15) is 0 Å². The second kappa shape index (κ2) is 4.93. The second-order valence-electron chi connectivity index (χ2n) is 4.34. The third-order valence-corrected chi connectivity index (χ3v) is 4.07. The van der Waals surface area contributed by atoms with E-state index in [1.165, 1.54) is 4.88 Å². The molecule has 98 valence electrons. The maximum Gasteiger partial charge on any atom is 0.268 e. The fraction of sp³-hybridized carbons (Fsp3) is 0.214. The van der Waals surface area contributed by atoms with Crippen molar-refractivity contribution in [1.29, 1.82) is 0 Å². The lowest BCUT2D eigenvalue weighted by molar-refractivity contribution is 0.0946. The molecule has 0 aliphatic rings. The number of nitrogens with one attached hydrogen (secondary N) is 1. The fourth-order valence-electron chi connectivity index (χ4n) is 2.11. The first-order valence-corrected chi connectivity index (χ1v) is 6.97. The minimum absolute atomic E-state index is 0.0644. The molecule has 4 nitrogen and oxygen atoms in total. The smallest absolute Gasteiger partial charge is 0.268 e. The van der Waals surface area contributed by atoms with Crippen molar-refractivity contribution in [3.63, 3.8) is 0 Å². The van der Waals surface area contributed by atoms with Crippen molar-refractivity contribution in [2.75, 3.05) is 6.54 Å². The summed E-state index contributed by atoms with van der Waals surface area (Å²) >= 11 is 1.71. The van der Waals surface area contributed by atoms with Crippen LogP contribution in [0, 0.1) is 0 Å². The maximum absolute atomic E-state index is 12.1. The molecule has 0 aliphatic heterocycles. The zero-order valence-electron chi connectivity index (χ0n) is 10.6. The van der Waals surface area contributed by atoms with E-state index in [1.54, 1.807) is 23.7 Å². The summed E-state index contributed by atoms with van der Waals surface area (Å²) in [5, 5.41) is 4.98. The van der Waals surface area contributed by atoms with Crippen molar-refractivity contribution in [2.24, 2.45) is 7.05 Å². The molecule has 0 saturated heterocycles. The van der Waals surface area contributed by atoms with Gasteiger partial charge in [0.05, 0.1) is 11.8 Å². The number of hydrogen-bond acceptors (Lipinski definition) is 3. The summed E-state index contributed by atoms with van der Waals surface area (Å²) in [5.74, 6) is -0.0644. The average molecular weight is 274 g/mol. The van der Waals surface area contributed by atoms with Crippen LogP contribution in [0.3, 0.4) is 0 Å². The van der Waals surface area contributed by atoms with Crippen molar-refractivity contribution in [2.45, 2.75) is 6.42 Å². The van der Waals surface area contributed by atoms with E-state index >= 15 is 0 Å². The van der Waals surface area contributed by atoms with E-state index in [0.29, 0.717) is 12.2 Å². The molecule has 0 bridgehead atoms. The molecule has 3 aromatic rings. The van der Waals surface area contributed by atoms with Crippen molar-refractivity contribution in [1.82, 2.24) is 9.88 Å². The highest BCUT2D eigenvalue weighted by Crippen LogP contribution is 2.19. The number of fused-ring (bicyclic) bond motifs is 1. The van der Waals surface area contributed by atoms with Gasteiger partial charge in [0.15, 0.2) is 5.58 Å². The highest BCUT2D eigenvalue weighted by Gasteiger charge is 2.14. The predicted octanol–water partition coefficient (Wildman–Crippen LogP) is 2.81. The SMILES string of the molecule is Cn1c(C(=O)NCCc2cccs2)cc2occc21. The minimum Gasteiger partial charge on any atom is -0.463 e. The Morgan fingerprint density at radius 1 is 1.47 bits per heavy atom. The van der Waals surface area contributed by atoms with Gasteiger partial charge in [-0.15, -0.1) is 11.3 Å². The van der Waals surface area contributed by atoms with Crippen LogP contribution in [-0.2, 0) is 13.5 Å². The lowest BCUT2D eigenvalue weighted by Gasteiger charge is -2.05. The molecule has 5 heteroatoms. The molecule has 3 heterocycles. The van der Waals surface area contributed by atoms with Gasteiger partial charge in [0.2, 0.25) is 0 Å². The van der Waals surface area contributed by atoms with Crippen molar-refractivity contribution >= 4 is 28.3 Å². The summed E-state index contributed by atoms with van der Waals surface area (Å²) in [6.45, 7) is 0.645. The monoisotopic (exact) mass is 274 g/mol. The van der Waals surface area contributed by atoms with E-state index in [4.69, 9.17) is 4.42 Å². The zero-order chi connectivity index (χ0) is 13.2. The Bertz CT molecular complexity index is 694. The Labute approximate surface area is 114 Å². The van der Waals surface area contributed by atoms with Crippen LogP contribution in [0.4, 0.5) is 0 Å². The number of carbonyl (C=O) groups is 1. The van der Waals surface area contributed by atoms with E-state index in [9.17, 15) is 4.79 Å². The Kier molecular flexibility index (Phi) is 3.13. The van der Waals surface area contributed by atoms with Gasteiger partial charge in [-0.25, -0.2) is 0 Å². The van der Waals surface area contributed by atoms with Gasteiger partial charge in [-0.1, -0.05) is 6.07 Å². The molecule has 0 aromatic carbocycles. The van der Waals surface area contributed by atoms with Crippen molar-refractivity contribution in [3.05, 3.63) is 46.5 Å². The van der Waals surface area contributed by atoms with Gasteiger partial charge in [-0.3, -0.25) is 4.79 Å². The number of carbonyl (C=O) groups excluding carboxylic acids is 1. The second-order valence-corrected chi connectivity index (χ2v) is 5.38. The van der Waals surface area contributed by atoms with Gasteiger partial charge in [0.25, 0.3) is 5.91 Å². The van der Waals surface area contributed by atoms with Crippen LogP contribution in [0.15, 0.2) is 40.3 Å². The average Bonchev–Trinajstić information content (AvgIpc) is 3.09. The maximum atomic E-state index is 12.1.